The lowest BCUT2D eigenvalue weighted by atomic mass is 10.0. The SMILES string of the molecule is CCn1cc(NC(=O)N(C)C2CCN(c3cnccn3)CC2)nn1. The van der Waals surface area contributed by atoms with E-state index in [9.17, 15) is 4.79 Å². The van der Waals surface area contributed by atoms with Crippen LogP contribution in [0.15, 0.2) is 24.8 Å². The standard InChI is InChI=1S/C15H22N8O/c1-3-23-11-13(19-20-23)18-15(24)21(2)12-4-8-22(9-5-12)14-10-16-6-7-17-14/h6-7,10-12H,3-5,8-9H2,1-2H3,(H,18,24). The maximum absolute atomic E-state index is 12.4. The van der Waals surface area contributed by atoms with Gasteiger partial charge < -0.3 is 9.80 Å². The lowest BCUT2D eigenvalue weighted by Gasteiger charge is -2.36. The third kappa shape index (κ3) is 3.61. The van der Waals surface area contributed by atoms with E-state index in [4.69, 9.17) is 0 Å². The number of hydrogen-bond acceptors (Lipinski definition) is 6. The molecule has 0 saturated carbocycles. The molecule has 1 N–H and O–H groups in total. The second-order valence-corrected chi connectivity index (χ2v) is 5.78. The van der Waals surface area contributed by atoms with Crippen LogP contribution in [0.5, 0.6) is 0 Å². The monoisotopic (exact) mass is 330 g/mol. The Bertz CT molecular complexity index is 665. The van der Waals surface area contributed by atoms with Crippen LogP contribution in [0.2, 0.25) is 0 Å². The molecular weight excluding hydrogens is 308 g/mol. The predicted octanol–water partition coefficient (Wildman–Crippen LogP) is 1.22. The maximum atomic E-state index is 12.4. The van der Waals surface area contributed by atoms with Crippen molar-refractivity contribution in [2.75, 3.05) is 30.4 Å². The molecule has 3 rings (SSSR count). The van der Waals surface area contributed by atoms with Gasteiger partial charge in [0.25, 0.3) is 0 Å². The van der Waals surface area contributed by atoms with Crippen LogP contribution in [0.4, 0.5) is 16.4 Å². The maximum Gasteiger partial charge on any atom is 0.323 e. The van der Waals surface area contributed by atoms with E-state index in [-0.39, 0.29) is 12.1 Å². The molecule has 3 heterocycles. The number of nitrogens with one attached hydrogen (secondary N) is 1. The number of amides is 2. The highest BCUT2D eigenvalue weighted by atomic mass is 16.2. The van der Waals surface area contributed by atoms with E-state index in [1.807, 2.05) is 14.0 Å². The summed E-state index contributed by atoms with van der Waals surface area (Å²) in [6, 6.07) is 0.0373. The summed E-state index contributed by atoms with van der Waals surface area (Å²) in [5, 5.41) is 10.6. The highest BCUT2D eigenvalue weighted by Gasteiger charge is 2.26. The molecule has 1 aliphatic heterocycles. The van der Waals surface area contributed by atoms with Gasteiger partial charge in [0.2, 0.25) is 0 Å². The van der Waals surface area contributed by atoms with Crippen LogP contribution in [0, 0.1) is 0 Å². The van der Waals surface area contributed by atoms with Gasteiger partial charge in [-0.15, -0.1) is 5.10 Å². The summed E-state index contributed by atoms with van der Waals surface area (Å²) >= 11 is 0. The average molecular weight is 330 g/mol. The number of urea groups is 1. The quantitative estimate of drug-likeness (QED) is 0.906. The van der Waals surface area contributed by atoms with Crippen LogP contribution in [0.1, 0.15) is 19.8 Å². The number of nitrogens with zero attached hydrogens (tertiary/aromatic N) is 7. The van der Waals surface area contributed by atoms with Crippen LogP contribution < -0.4 is 10.2 Å². The van der Waals surface area contributed by atoms with Gasteiger partial charge in [-0.05, 0) is 19.8 Å². The van der Waals surface area contributed by atoms with Gasteiger partial charge in [0.15, 0.2) is 5.82 Å². The largest absolute Gasteiger partial charge is 0.355 e. The van der Waals surface area contributed by atoms with Gasteiger partial charge >= 0.3 is 6.03 Å². The van der Waals surface area contributed by atoms with Crippen molar-refractivity contribution in [3.05, 3.63) is 24.8 Å². The fourth-order valence-electron chi connectivity index (χ4n) is 2.81. The predicted molar refractivity (Wildman–Crippen MR) is 89.7 cm³/mol. The van der Waals surface area contributed by atoms with Gasteiger partial charge in [0.05, 0.1) is 12.4 Å². The van der Waals surface area contributed by atoms with Crippen molar-refractivity contribution in [2.24, 2.45) is 0 Å². The zero-order valence-electron chi connectivity index (χ0n) is 14.0. The summed E-state index contributed by atoms with van der Waals surface area (Å²) < 4.78 is 1.68. The molecule has 0 spiro atoms. The lowest BCUT2D eigenvalue weighted by Crippen LogP contribution is -2.47. The number of carbonyl (C=O) groups is 1. The Balaban J connectivity index is 1.52. The second-order valence-electron chi connectivity index (χ2n) is 5.78. The fourth-order valence-corrected chi connectivity index (χ4v) is 2.81. The Morgan fingerprint density at radius 2 is 2.17 bits per heavy atom. The van der Waals surface area contributed by atoms with E-state index in [2.05, 4.69) is 30.5 Å². The van der Waals surface area contributed by atoms with E-state index in [0.29, 0.717) is 5.82 Å². The Morgan fingerprint density at radius 1 is 1.38 bits per heavy atom. The highest BCUT2D eigenvalue weighted by Crippen LogP contribution is 2.20. The van der Waals surface area contributed by atoms with Gasteiger partial charge in [-0.1, -0.05) is 5.21 Å². The number of piperidine rings is 1. The first-order chi connectivity index (χ1) is 11.7. The van der Waals surface area contributed by atoms with Gasteiger partial charge in [0.1, 0.15) is 5.82 Å². The summed E-state index contributed by atoms with van der Waals surface area (Å²) in [4.78, 5) is 24.7. The molecule has 2 amide bonds. The molecule has 1 fully saturated rings. The number of anilines is 2. The topological polar surface area (TPSA) is 92.1 Å². The molecule has 24 heavy (non-hydrogen) atoms. The molecule has 0 unspecified atom stereocenters. The first kappa shape index (κ1) is 16.2. The number of aryl methyl sites for hydroxylation is 1. The zero-order chi connectivity index (χ0) is 16.9. The zero-order valence-corrected chi connectivity index (χ0v) is 14.0. The Hall–Kier alpha value is -2.71. The molecule has 9 nitrogen and oxygen atoms in total. The highest BCUT2D eigenvalue weighted by molar-refractivity contribution is 5.88. The fraction of sp³-hybridized carbons (Fsp3) is 0.533. The van der Waals surface area contributed by atoms with Crippen molar-refractivity contribution in [1.29, 1.82) is 0 Å². The number of hydrogen-bond donors (Lipinski definition) is 1. The molecule has 0 atom stereocenters. The van der Waals surface area contributed by atoms with E-state index in [1.54, 1.807) is 34.4 Å². The summed E-state index contributed by atoms with van der Waals surface area (Å²) in [5.41, 5.74) is 0. The first-order valence-corrected chi connectivity index (χ1v) is 8.12. The van der Waals surface area contributed by atoms with E-state index in [1.165, 1.54) is 0 Å². The molecule has 2 aromatic rings. The second kappa shape index (κ2) is 7.24. The molecule has 0 aliphatic carbocycles. The molecule has 1 saturated heterocycles. The minimum atomic E-state index is -0.156. The third-order valence-corrected chi connectivity index (χ3v) is 4.30. The third-order valence-electron chi connectivity index (χ3n) is 4.30. The number of carbonyl (C=O) groups excluding carboxylic acids is 1. The van der Waals surface area contributed by atoms with Gasteiger partial charge in [-0.25, -0.2) is 9.78 Å². The summed E-state index contributed by atoms with van der Waals surface area (Å²) in [5.74, 6) is 1.37. The molecule has 1 aliphatic rings. The molecule has 0 bridgehead atoms. The minimum absolute atomic E-state index is 0.156. The summed E-state index contributed by atoms with van der Waals surface area (Å²) in [6.07, 6.45) is 8.65. The molecule has 0 radical (unpaired) electrons. The Morgan fingerprint density at radius 3 is 2.79 bits per heavy atom. The van der Waals surface area contributed by atoms with E-state index < -0.39 is 0 Å². The van der Waals surface area contributed by atoms with Crippen molar-refractivity contribution >= 4 is 17.7 Å². The van der Waals surface area contributed by atoms with Crippen LogP contribution in [-0.2, 0) is 6.54 Å². The smallest absolute Gasteiger partial charge is 0.323 e. The number of rotatable bonds is 4. The summed E-state index contributed by atoms with van der Waals surface area (Å²) in [6.45, 7) is 4.40. The Labute approximate surface area is 140 Å². The lowest BCUT2D eigenvalue weighted by molar-refractivity contribution is 0.193. The van der Waals surface area contributed by atoms with Crippen molar-refractivity contribution in [3.63, 3.8) is 0 Å². The number of aromatic nitrogens is 5. The van der Waals surface area contributed by atoms with Gasteiger partial charge in [-0.2, -0.15) is 0 Å². The van der Waals surface area contributed by atoms with Crippen LogP contribution in [0.3, 0.4) is 0 Å². The van der Waals surface area contributed by atoms with E-state index >= 15 is 0 Å². The van der Waals surface area contributed by atoms with Gasteiger partial charge in [0, 0.05) is 45.1 Å². The first-order valence-electron chi connectivity index (χ1n) is 8.12. The molecule has 128 valence electrons. The van der Waals surface area contributed by atoms with E-state index in [0.717, 1.165) is 38.3 Å². The molecule has 2 aromatic heterocycles. The normalized spacial score (nSPS) is 15.3. The van der Waals surface area contributed by atoms with Crippen molar-refractivity contribution < 1.29 is 4.79 Å². The minimum Gasteiger partial charge on any atom is -0.355 e. The Kier molecular flexibility index (Phi) is 4.88. The summed E-state index contributed by atoms with van der Waals surface area (Å²) in [7, 11) is 1.82. The molecular formula is C15H22N8O. The van der Waals surface area contributed by atoms with Crippen molar-refractivity contribution in [1.82, 2.24) is 29.9 Å². The average Bonchev–Trinajstić information content (AvgIpc) is 3.09. The van der Waals surface area contributed by atoms with Crippen LogP contribution >= 0.6 is 0 Å². The van der Waals surface area contributed by atoms with Crippen molar-refractivity contribution in [3.8, 4) is 0 Å². The molecule has 9 heteroatoms. The molecule has 0 aromatic carbocycles. The van der Waals surface area contributed by atoms with Gasteiger partial charge in [-0.3, -0.25) is 15.0 Å². The van der Waals surface area contributed by atoms with Crippen LogP contribution in [-0.4, -0.2) is 62.1 Å². The van der Waals surface area contributed by atoms with Crippen molar-refractivity contribution in [2.45, 2.75) is 32.4 Å². The van der Waals surface area contributed by atoms with Crippen LogP contribution in [0.25, 0.3) is 0 Å².